The van der Waals surface area contributed by atoms with Crippen LogP contribution in [0.3, 0.4) is 0 Å². The number of ether oxygens (including phenoxy) is 2. The van der Waals surface area contributed by atoms with Crippen LogP contribution in [0.5, 0.6) is 0 Å². The standard InChI is InChI=1S/C13H14Cl4N2O4/c1-7(2)22-12(21)19-10(13(15,16)17)23-11(20)18-9-5-3-8(14)4-6-9/h3-7,10H,1-2H3,(H,18,20)(H,19,21). The molecule has 1 aromatic rings. The van der Waals surface area contributed by atoms with E-state index < -0.39 is 28.3 Å². The number of benzene rings is 1. The Bertz CT molecular complexity index is 546. The number of rotatable bonds is 4. The number of carbonyl (C=O) groups is 2. The summed E-state index contributed by atoms with van der Waals surface area (Å²) in [4.78, 5) is 23.4. The summed E-state index contributed by atoms with van der Waals surface area (Å²) >= 11 is 22.8. The molecule has 0 aromatic heterocycles. The van der Waals surface area contributed by atoms with E-state index >= 15 is 0 Å². The number of halogens is 4. The highest BCUT2D eigenvalue weighted by Gasteiger charge is 2.38. The quantitative estimate of drug-likeness (QED) is 0.563. The molecule has 10 heteroatoms. The van der Waals surface area contributed by atoms with Crippen LogP contribution in [0.15, 0.2) is 24.3 Å². The molecular weight excluding hydrogens is 390 g/mol. The van der Waals surface area contributed by atoms with Gasteiger partial charge in [0.05, 0.1) is 6.10 Å². The Kier molecular flexibility index (Phi) is 7.54. The molecular formula is C13H14Cl4N2O4. The van der Waals surface area contributed by atoms with E-state index in [1.54, 1.807) is 38.1 Å². The SMILES string of the molecule is CC(C)OC(=O)NC(OC(=O)Nc1ccc(Cl)cc1)C(Cl)(Cl)Cl. The van der Waals surface area contributed by atoms with Gasteiger partial charge < -0.3 is 9.47 Å². The van der Waals surface area contributed by atoms with Gasteiger partial charge in [0.1, 0.15) is 0 Å². The van der Waals surface area contributed by atoms with Crippen LogP contribution in [-0.2, 0) is 9.47 Å². The molecule has 0 spiro atoms. The molecule has 0 aliphatic rings. The van der Waals surface area contributed by atoms with Crippen molar-refractivity contribution in [2.75, 3.05) is 5.32 Å². The van der Waals surface area contributed by atoms with Gasteiger partial charge in [-0.3, -0.25) is 10.6 Å². The smallest absolute Gasteiger partial charge is 0.413 e. The Hall–Kier alpha value is -1.08. The summed E-state index contributed by atoms with van der Waals surface area (Å²) in [7, 11) is 0. The molecule has 0 aliphatic carbocycles. The average Bonchev–Trinajstić information content (AvgIpc) is 2.38. The van der Waals surface area contributed by atoms with Crippen molar-refractivity contribution in [2.45, 2.75) is 30.0 Å². The van der Waals surface area contributed by atoms with Crippen LogP contribution in [0.25, 0.3) is 0 Å². The summed E-state index contributed by atoms with van der Waals surface area (Å²) in [5.41, 5.74) is 0.409. The molecule has 23 heavy (non-hydrogen) atoms. The lowest BCUT2D eigenvalue weighted by atomic mass is 10.3. The molecule has 1 aromatic carbocycles. The minimum atomic E-state index is -2.09. The molecule has 0 radical (unpaired) electrons. The van der Waals surface area contributed by atoms with E-state index in [2.05, 4.69) is 10.6 Å². The molecule has 6 nitrogen and oxygen atoms in total. The molecule has 128 valence electrons. The van der Waals surface area contributed by atoms with Gasteiger partial charge in [-0.05, 0) is 38.1 Å². The number of anilines is 1. The van der Waals surface area contributed by atoms with Gasteiger partial charge in [0.15, 0.2) is 0 Å². The highest BCUT2D eigenvalue weighted by molar-refractivity contribution is 6.68. The third-order valence-electron chi connectivity index (χ3n) is 2.20. The Morgan fingerprint density at radius 2 is 1.61 bits per heavy atom. The lowest BCUT2D eigenvalue weighted by molar-refractivity contribution is 0.0677. The topological polar surface area (TPSA) is 76.7 Å². The number of alkyl carbamates (subject to hydrolysis) is 1. The molecule has 0 heterocycles. The van der Waals surface area contributed by atoms with Gasteiger partial charge in [0.2, 0.25) is 10.0 Å². The molecule has 0 saturated heterocycles. The van der Waals surface area contributed by atoms with Crippen molar-refractivity contribution in [3.8, 4) is 0 Å². The second-order valence-electron chi connectivity index (χ2n) is 4.56. The van der Waals surface area contributed by atoms with Crippen LogP contribution >= 0.6 is 46.4 Å². The normalized spacial score (nSPS) is 12.5. The van der Waals surface area contributed by atoms with Crippen molar-refractivity contribution in [1.82, 2.24) is 5.32 Å². The summed E-state index contributed by atoms with van der Waals surface area (Å²) in [5.74, 6) is 0. The second-order valence-corrected chi connectivity index (χ2v) is 7.36. The largest absolute Gasteiger partial charge is 0.447 e. The number of carbonyl (C=O) groups excluding carboxylic acids is 2. The first kappa shape index (κ1) is 20.0. The number of alkyl halides is 3. The van der Waals surface area contributed by atoms with Crippen LogP contribution in [-0.4, -0.2) is 28.3 Å². The first-order valence-electron chi connectivity index (χ1n) is 6.35. The number of hydrogen-bond donors (Lipinski definition) is 2. The van der Waals surface area contributed by atoms with E-state index in [-0.39, 0.29) is 0 Å². The predicted octanol–water partition coefficient (Wildman–Crippen LogP) is 4.72. The summed E-state index contributed by atoms with van der Waals surface area (Å²) in [6.07, 6.45) is -3.77. The van der Waals surface area contributed by atoms with Crippen LogP contribution in [0.1, 0.15) is 13.8 Å². The lowest BCUT2D eigenvalue weighted by Crippen LogP contribution is -2.48. The summed E-state index contributed by atoms with van der Waals surface area (Å²) in [6, 6.07) is 6.24. The molecule has 0 fully saturated rings. The third-order valence-corrected chi connectivity index (χ3v) is 3.05. The fraction of sp³-hybridized carbons (Fsp3) is 0.385. The summed E-state index contributed by atoms with van der Waals surface area (Å²) < 4.78 is 7.66. The lowest BCUT2D eigenvalue weighted by Gasteiger charge is -2.25. The van der Waals surface area contributed by atoms with Crippen molar-refractivity contribution >= 4 is 64.3 Å². The van der Waals surface area contributed by atoms with Crippen LogP contribution < -0.4 is 10.6 Å². The predicted molar refractivity (Wildman–Crippen MR) is 90.4 cm³/mol. The minimum absolute atomic E-state index is 0.395. The van der Waals surface area contributed by atoms with Crippen molar-refractivity contribution in [2.24, 2.45) is 0 Å². The minimum Gasteiger partial charge on any atom is -0.447 e. The van der Waals surface area contributed by atoms with Crippen molar-refractivity contribution in [3.63, 3.8) is 0 Å². The molecule has 2 amide bonds. The molecule has 2 N–H and O–H groups in total. The van der Waals surface area contributed by atoms with Crippen molar-refractivity contribution in [1.29, 1.82) is 0 Å². The van der Waals surface area contributed by atoms with E-state index in [4.69, 9.17) is 55.9 Å². The van der Waals surface area contributed by atoms with Crippen LogP contribution in [0, 0.1) is 0 Å². The van der Waals surface area contributed by atoms with E-state index in [1.165, 1.54) is 0 Å². The Labute approximate surface area is 153 Å². The van der Waals surface area contributed by atoms with E-state index in [1.807, 2.05) is 0 Å². The van der Waals surface area contributed by atoms with Gasteiger partial charge in [0.25, 0.3) is 0 Å². The molecule has 1 unspecified atom stereocenters. The summed E-state index contributed by atoms with van der Waals surface area (Å²) in [6.45, 7) is 3.27. The Morgan fingerprint density at radius 1 is 1.04 bits per heavy atom. The van der Waals surface area contributed by atoms with Crippen molar-refractivity contribution in [3.05, 3.63) is 29.3 Å². The second kappa shape index (κ2) is 8.68. The zero-order valence-corrected chi connectivity index (χ0v) is 15.1. The van der Waals surface area contributed by atoms with Gasteiger partial charge in [0, 0.05) is 10.7 Å². The van der Waals surface area contributed by atoms with E-state index in [0.29, 0.717) is 10.7 Å². The molecule has 0 aliphatic heterocycles. The van der Waals surface area contributed by atoms with E-state index in [0.717, 1.165) is 0 Å². The molecule has 0 bridgehead atoms. The van der Waals surface area contributed by atoms with Gasteiger partial charge in [-0.25, -0.2) is 9.59 Å². The first-order chi connectivity index (χ1) is 10.6. The van der Waals surface area contributed by atoms with Gasteiger partial charge >= 0.3 is 12.2 Å². The maximum absolute atomic E-state index is 11.8. The van der Waals surface area contributed by atoms with Crippen molar-refractivity contribution < 1.29 is 19.1 Å². The Balaban J connectivity index is 2.67. The molecule has 1 rings (SSSR count). The number of nitrogens with one attached hydrogen (secondary N) is 2. The fourth-order valence-electron chi connectivity index (χ4n) is 1.32. The monoisotopic (exact) mass is 402 g/mol. The summed E-state index contributed by atoms with van der Waals surface area (Å²) in [5, 5.41) is 5.05. The van der Waals surface area contributed by atoms with E-state index in [9.17, 15) is 9.59 Å². The first-order valence-corrected chi connectivity index (χ1v) is 7.86. The zero-order chi connectivity index (χ0) is 17.6. The molecule has 0 saturated carbocycles. The van der Waals surface area contributed by atoms with Crippen LogP contribution in [0.2, 0.25) is 5.02 Å². The van der Waals surface area contributed by atoms with Gasteiger partial charge in [-0.2, -0.15) is 0 Å². The highest BCUT2D eigenvalue weighted by Crippen LogP contribution is 2.31. The molecule has 1 atom stereocenters. The Morgan fingerprint density at radius 3 is 2.09 bits per heavy atom. The fourth-order valence-corrected chi connectivity index (χ4v) is 1.74. The number of amides is 2. The van der Waals surface area contributed by atoms with Gasteiger partial charge in [-0.15, -0.1) is 0 Å². The highest BCUT2D eigenvalue weighted by atomic mass is 35.6. The maximum atomic E-state index is 11.8. The van der Waals surface area contributed by atoms with Gasteiger partial charge in [-0.1, -0.05) is 46.4 Å². The van der Waals surface area contributed by atoms with Crippen LogP contribution in [0.4, 0.5) is 15.3 Å². The average molecular weight is 404 g/mol. The zero-order valence-electron chi connectivity index (χ0n) is 12.1. The third kappa shape index (κ3) is 7.83. The number of hydrogen-bond acceptors (Lipinski definition) is 4. The maximum Gasteiger partial charge on any atom is 0.413 e.